The molecule has 1 rings (SSSR count). The molecule has 0 saturated heterocycles. The lowest BCUT2D eigenvalue weighted by Crippen LogP contribution is -2.35. The molecule has 0 fully saturated rings. The Hall–Kier alpha value is -1.06. The van der Waals surface area contributed by atoms with Crippen LogP contribution >= 0.6 is 11.6 Å². The van der Waals surface area contributed by atoms with Crippen LogP contribution in [0.5, 0.6) is 0 Å². The first kappa shape index (κ1) is 14.0. The molecule has 17 heavy (non-hydrogen) atoms. The standard InChI is InChI=1S/C13H19ClN2O/c1-3-12(16-9-13(17)15-4-2)10-6-5-7-11(14)8-10/h5-8,12,16H,3-4,9H2,1-2H3,(H,15,17). The van der Waals surface area contributed by atoms with Crippen LogP contribution in [0.4, 0.5) is 0 Å². The van der Waals surface area contributed by atoms with Gasteiger partial charge >= 0.3 is 0 Å². The van der Waals surface area contributed by atoms with Crippen molar-refractivity contribution in [3.8, 4) is 0 Å². The van der Waals surface area contributed by atoms with Gasteiger partial charge in [0.25, 0.3) is 0 Å². The highest BCUT2D eigenvalue weighted by molar-refractivity contribution is 6.30. The van der Waals surface area contributed by atoms with Crippen molar-refractivity contribution in [1.29, 1.82) is 0 Å². The Morgan fingerprint density at radius 3 is 2.76 bits per heavy atom. The first-order chi connectivity index (χ1) is 8.17. The van der Waals surface area contributed by atoms with Crippen molar-refractivity contribution < 1.29 is 4.79 Å². The third-order valence-corrected chi connectivity index (χ3v) is 2.78. The molecule has 0 bridgehead atoms. The van der Waals surface area contributed by atoms with E-state index in [0.717, 1.165) is 17.0 Å². The van der Waals surface area contributed by atoms with Crippen LogP contribution in [0.25, 0.3) is 0 Å². The molecule has 0 heterocycles. The van der Waals surface area contributed by atoms with Gasteiger partial charge in [0.1, 0.15) is 0 Å². The second-order valence-corrected chi connectivity index (χ2v) is 4.29. The van der Waals surface area contributed by atoms with Crippen molar-refractivity contribution in [2.75, 3.05) is 13.1 Å². The highest BCUT2D eigenvalue weighted by atomic mass is 35.5. The van der Waals surface area contributed by atoms with E-state index in [-0.39, 0.29) is 11.9 Å². The quantitative estimate of drug-likeness (QED) is 0.819. The fourth-order valence-corrected chi connectivity index (χ4v) is 1.90. The Morgan fingerprint density at radius 1 is 1.41 bits per heavy atom. The second kappa shape index (κ2) is 7.30. The average Bonchev–Trinajstić information content (AvgIpc) is 2.30. The van der Waals surface area contributed by atoms with Gasteiger partial charge in [-0.05, 0) is 31.0 Å². The molecule has 3 nitrogen and oxygen atoms in total. The molecule has 1 aromatic rings. The molecule has 4 heteroatoms. The monoisotopic (exact) mass is 254 g/mol. The van der Waals surface area contributed by atoms with Gasteiger partial charge in [-0.3, -0.25) is 4.79 Å². The van der Waals surface area contributed by atoms with Crippen LogP contribution in [0, 0.1) is 0 Å². The maximum atomic E-state index is 11.4. The number of hydrogen-bond donors (Lipinski definition) is 2. The van der Waals surface area contributed by atoms with E-state index in [4.69, 9.17) is 11.6 Å². The van der Waals surface area contributed by atoms with Gasteiger partial charge in [-0.25, -0.2) is 0 Å². The van der Waals surface area contributed by atoms with Crippen molar-refractivity contribution >= 4 is 17.5 Å². The maximum absolute atomic E-state index is 11.4. The molecular weight excluding hydrogens is 236 g/mol. The van der Waals surface area contributed by atoms with E-state index in [1.165, 1.54) is 0 Å². The molecule has 0 spiro atoms. The summed E-state index contributed by atoms with van der Waals surface area (Å²) < 4.78 is 0. The Labute approximate surface area is 108 Å². The van der Waals surface area contributed by atoms with E-state index in [2.05, 4.69) is 17.6 Å². The fraction of sp³-hybridized carbons (Fsp3) is 0.462. The molecular formula is C13H19ClN2O. The van der Waals surface area contributed by atoms with Crippen molar-refractivity contribution in [2.24, 2.45) is 0 Å². The summed E-state index contributed by atoms with van der Waals surface area (Å²) in [7, 11) is 0. The number of likely N-dealkylation sites (N-methyl/N-ethyl adjacent to an activating group) is 1. The lowest BCUT2D eigenvalue weighted by atomic mass is 10.0. The molecule has 1 unspecified atom stereocenters. The highest BCUT2D eigenvalue weighted by Crippen LogP contribution is 2.19. The zero-order chi connectivity index (χ0) is 12.7. The fourth-order valence-electron chi connectivity index (χ4n) is 1.70. The number of hydrogen-bond acceptors (Lipinski definition) is 2. The molecule has 0 saturated carbocycles. The summed E-state index contributed by atoms with van der Waals surface area (Å²) in [6, 6.07) is 7.89. The minimum atomic E-state index is 0.0213. The topological polar surface area (TPSA) is 41.1 Å². The Balaban J connectivity index is 2.57. The normalized spacial score (nSPS) is 12.2. The molecule has 1 aromatic carbocycles. The van der Waals surface area contributed by atoms with E-state index >= 15 is 0 Å². The summed E-state index contributed by atoms with van der Waals surface area (Å²) in [5, 5.41) is 6.71. The van der Waals surface area contributed by atoms with E-state index in [1.807, 2.05) is 31.2 Å². The molecule has 0 aliphatic carbocycles. The number of benzene rings is 1. The van der Waals surface area contributed by atoms with E-state index in [9.17, 15) is 4.79 Å². The SMILES string of the molecule is CCNC(=O)CNC(CC)c1cccc(Cl)c1. The Kier molecular flexibility index (Phi) is 6.01. The van der Waals surface area contributed by atoms with Gasteiger partial charge in [0.2, 0.25) is 5.91 Å². The number of carbonyl (C=O) groups is 1. The lowest BCUT2D eigenvalue weighted by Gasteiger charge is -2.17. The summed E-state index contributed by atoms with van der Waals surface area (Å²) in [4.78, 5) is 11.4. The van der Waals surface area contributed by atoms with Gasteiger partial charge < -0.3 is 10.6 Å². The second-order valence-electron chi connectivity index (χ2n) is 3.85. The summed E-state index contributed by atoms with van der Waals surface area (Å²) in [5.41, 5.74) is 1.12. The van der Waals surface area contributed by atoms with Crippen molar-refractivity contribution in [3.63, 3.8) is 0 Å². The molecule has 1 amide bonds. The van der Waals surface area contributed by atoms with Gasteiger partial charge in [0.05, 0.1) is 6.54 Å². The molecule has 1 atom stereocenters. The third-order valence-electron chi connectivity index (χ3n) is 2.54. The van der Waals surface area contributed by atoms with Gasteiger partial charge in [-0.15, -0.1) is 0 Å². The summed E-state index contributed by atoms with van der Waals surface area (Å²) in [6.07, 6.45) is 0.916. The summed E-state index contributed by atoms with van der Waals surface area (Å²) >= 11 is 5.95. The Morgan fingerprint density at radius 2 is 2.18 bits per heavy atom. The molecule has 0 aliphatic heterocycles. The van der Waals surface area contributed by atoms with Gasteiger partial charge in [-0.2, -0.15) is 0 Å². The van der Waals surface area contributed by atoms with Crippen LogP contribution in [0.3, 0.4) is 0 Å². The number of amides is 1. The maximum Gasteiger partial charge on any atom is 0.233 e. The summed E-state index contributed by atoms with van der Waals surface area (Å²) in [6.45, 7) is 4.98. The predicted molar refractivity (Wildman–Crippen MR) is 71.2 cm³/mol. The highest BCUT2D eigenvalue weighted by Gasteiger charge is 2.10. The molecule has 94 valence electrons. The minimum Gasteiger partial charge on any atom is -0.355 e. The predicted octanol–water partition coefficient (Wildman–Crippen LogP) is 2.52. The van der Waals surface area contributed by atoms with Crippen molar-refractivity contribution in [3.05, 3.63) is 34.9 Å². The van der Waals surface area contributed by atoms with Gasteiger partial charge in [0, 0.05) is 17.6 Å². The van der Waals surface area contributed by atoms with Crippen LogP contribution in [0.2, 0.25) is 5.02 Å². The number of nitrogens with one attached hydrogen (secondary N) is 2. The molecule has 0 aromatic heterocycles. The van der Waals surface area contributed by atoms with Crippen LogP contribution in [0.1, 0.15) is 31.9 Å². The van der Waals surface area contributed by atoms with E-state index in [1.54, 1.807) is 0 Å². The molecule has 0 radical (unpaired) electrons. The molecule has 0 aliphatic rings. The first-order valence-corrected chi connectivity index (χ1v) is 6.30. The lowest BCUT2D eigenvalue weighted by molar-refractivity contribution is -0.120. The zero-order valence-corrected chi connectivity index (χ0v) is 11.1. The van der Waals surface area contributed by atoms with E-state index < -0.39 is 0 Å². The van der Waals surface area contributed by atoms with Crippen LogP contribution in [-0.2, 0) is 4.79 Å². The van der Waals surface area contributed by atoms with Crippen molar-refractivity contribution in [1.82, 2.24) is 10.6 Å². The van der Waals surface area contributed by atoms with Crippen LogP contribution in [0.15, 0.2) is 24.3 Å². The number of halogens is 1. The van der Waals surface area contributed by atoms with E-state index in [0.29, 0.717) is 13.1 Å². The first-order valence-electron chi connectivity index (χ1n) is 5.92. The number of rotatable bonds is 6. The minimum absolute atomic E-state index is 0.0213. The average molecular weight is 255 g/mol. The number of carbonyl (C=O) groups excluding carboxylic acids is 1. The third kappa shape index (κ3) is 4.75. The largest absolute Gasteiger partial charge is 0.355 e. The van der Waals surface area contributed by atoms with Crippen molar-refractivity contribution in [2.45, 2.75) is 26.3 Å². The van der Waals surface area contributed by atoms with Crippen LogP contribution < -0.4 is 10.6 Å². The van der Waals surface area contributed by atoms with Crippen LogP contribution in [-0.4, -0.2) is 19.0 Å². The smallest absolute Gasteiger partial charge is 0.233 e. The van der Waals surface area contributed by atoms with Gasteiger partial charge in [-0.1, -0.05) is 30.7 Å². The summed E-state index contributed by atoms with van der Waals surface area (Å²) in [5.74, 6) is 0.0213. The Bertz CT molecular complexity index is 368. The van der Waals surface area contributed by atoms with Gasteiger partial charge in [0.15, 0.2) is 0 Å². The zero-order valence-electron chi connectivity index (χ0n) is 10.3. The molecule has 2 N–H and O–H groups in total.